The maximum atomic E-state index is 2.45. The molecule has 0 heterocycles. The molecule has 0 saturated carbocycles. The summed E-state index contributed by atoms with van der Waals surface area (Å²) >= 11 is -1.94. The van der Waals surface area contributed by atoms with Gasteiger partial charge in [0.25, 0.3) is 0 Å². The van der Waals surface area contributed by atoms with Crippen LogP contribution < -0.4 is 0 Å². The van der Waals surface area contributed by atoms with Crippen molar-refractivity contribution in [1.82, 2.24) is 4.90 Å². The molecule has 1 aliphatic rings. The van der Waals surface area contributed by atoms with Gasteiger partial charge in [0.1, 0.15) is 0 Å². The Balaban J connectivity index is 0. The molecule has 0 aliphatic heterocycles. The van der Waals surface area contributed by atoms with Gasteiger partial charge < -0.3 is 0 Å². The molecule has 4 heteroatoms. The second-order valence-electron chi connectivity index (χ2n) is 5.91. The van der Waals surface area contributed by atoms with Gasteiger partial charge >= 0.3 is 105 Å². The van der Waals surface area contributed by atoms with E-state index in [0.717, 1.165) is 8.45 Å². The normalized spacial score (nSPS) is 14.8. The molecular formula is C14H29Cl2NTi. The minimum Gasteiger partial charge on any atom is -0.147 e. The van der Waals surface area contributed by atoms with Crippen molar-refractivity contribution in [3.05, 3.63) is 22.1 Å². The van der Waals surface area contributed by atoms with Gasteiger partial charge in [0.15, 0.2) is 0 Å². The minimum absolute atomic E-state index is 0. The van der Waals surface area contributed by atoms with Gasteiger partial charge in [-0.25, -0.2) is 0 Å². The molecule has 0 bridgehead atoms. The van der Waals surface area contributed by atoms with E-state index in [1.807, 2.05) is 0 Å². The van der Waals surface area contributed by atoms with Gasteiger partial charge in [-0.2, -0.15) is 0 Å². The number of hydrogen-bond donors (Lipinski definition) is 0. The van der Waals surface area contributed by atoms with Gasteiger partial charge in [0.2, 0.25) is 0 Å². The maximum Gasteiger partial charge on any atom is -0.147 e. The number of nitrogens with zero attached hydrogens (tertiary/aromatic N) is 1. The first-order valence-corrected chi connectivity index (χ1v) is 10.1. The summed E-state index contributed by atoms with van der Waals surface area (Å²) in [5, 5.41) is 0. The quantitative estimate of drug-likeness (QED) is 0.641. The van der Waals surface area contributed by atoms with Crippen molar-refractivity contribution >= 4 is 24.8 Å². The largest absolute Gasteiger partial charge is 0.147 e. The molecule has 0 aromatic rings. The third-order valence-electron chi connectivity index (χ3n) is 4.01. The summed E-state index contributed by atoms with van der Waals surface area (Å²) < 4.78 is 3.54. The van der Waals surface area contributed by atoms with Crippen LogP contribution in [0.4, 0.5) is 0 Å². The predicted octanol–water partition coefficient (Wildman–Crippen LogP) is 5.00. The Morgan fingerprint density at radius 3 is 1.89 bits per heavy atom. The van der Waals surface area contributed by atoms with Crippen molar-refractivity contribution < 1.29 is 16.6 Å². The third-order valence-corrected chi connectivity index (χ3v) is 14.7. The van der Waals surface area contributed by atoms with Gasteiger partial charge in [-0.1, -0.05) is 0 Å². The monoisotopic (exact) mass is 329 g/mol. The number of hydrogen-bond acceptors (Lipinski definition) is 1. The van der Waals surface area contributed by atoms with Crippen LogP contribution in [-0.2, 0) is 16.6 Å². The first kappa shape index (κ1) is 21.0. The molecule has 0 spiro atoms. The number of allylic oxidation sites excluding steroid dienone is 4. The van der Waals surface area contributed by atoms with Crippen LogP contribution in [0.1, 0.15) is 34.1 Å². The third kappa shape index (κ3) is 4.39. The molecule has 1 rings (SSSR count). The molecule has 0 radical (unpaired) electrons. The molecule has 0 atom stereocenters. The summed E-state index contributed by atoms with van der Waals surface area (Å²) in [4.78, 5) is 3.75. The van der Waals surface area contributed by atoms with E-state index < -0.39 is 16.6 Å². The first-order chi connectivity index (χ1) is 7.41. The predicted molar refractivity (Wildman–Crippen MR) is 85.1 cm³/mol. The molecule has 0 N–H and O–H groups in total. The van der Waals surface area contributed by atoms with Crippen molar-refractivity contribution in [2.75, 3.05) is 18.9 Å². The number of rotatable bonds is 5. The van der Waals surface area contributed by atoms with Gasteiger partial charge in [-0.3, -0.25) is 0 Å². The second kappa shape index (κ2) is 8.82. The maximum absolute atomic E-state index is 2.45. The van der Waals surface area contributed by atoms with Crippen molar-refractivity contribution in [3.63, 3.8) is 0 Å². The van der Waals surface area contributed by atoms with E-state index in [-0.39, 0.29) is 24.8 Å². The van der Waals surface area contributed by atoms with Crippen molar-refractivity contribution in [1.29, 1.82) is 0 Å². The van der Waals surface area contributed by atoms with E-state index in [4.69, 9.17) is 0 Å². The van der Waals surface area contributed by atoms with E-state index in [0.29, 0.717) is 0 Å². The Morgan fingerprint density at radius 1 is 1.11 bits per heavy atom. The zero-order chi connectivity index (χ0) is 12.3. The van der Waals surface area contributed by atoms with Crippen LogP contribution in [0.5, 0.6) is 0 Å². The Labute approximate surface area is 129 Å². The van der Waals surface area contributed by atoms with E-state index in [2.05, 4.69) is 64.9 Å². The standard InChI is InChI=1S/C5H5.C3H8N.2C3H7.2ClH.Ti/c1-2-4-5-3-1;1-4(2)3;2*1-3-2;;;/h1-3H,4H2;1H2,2-3H3;2*3H,1-2H3;2*1H;. The zero-order valence-electron chi connectivity index (χ0n) is 12.6. The van der Waals surface area contributed by atoms with E-state index >= 15 is 0 Å². The first-order valence-electron chi connectivity index (χ1n) is 6.42. The topological polar surface area (TPSA) is 3.24 Å². The molecule has 0 saturated heterocycles. The fourth-order valence-corrected chi connectivity index (χ4v) is 12.1. The molecule has 1 nitrogen and oxygen atoms in total. The van der Waals surface area contributed by atoms with Crippen molar-refractivity contribution in [3.8, 4) is 0 Å². The van der Waals surface area contributed by atoms with E-state index in [1.165, 1.54) is 11.3 Å². The average Bonchev–Trinajstić information content (AvgIpc) is 2.65. The fraction of sp³-hybridized carbons (Fsp3) is 0.714. The molecule has 1 aliphatic carbocycles. The SMILES string of the molecule is C[CH](C)[Ti]([CH2]N(C)C)([C]1=CC=CC1)[CH](C)C.Cl.Cl. The van der Waals surface area contributed by atoms with Crippen LogP contribution in [0.3, 0.4) is 0 Å². The Kier molecular flexibility index (Phi) is 10.3. The van der Waals surface area contributed by atoms with Gasteiger partial charge in [-0.15, -0.1) is 24.8 Å². The molecular weight excluding hydrogens is 301 g/mol. The van der Waals surface area contributed by atoms with Crippen LogP contribution in [0.25, 0.3) is 0 Å². The van der Waals surface area contributed by atoms with Crippen LogP contribution in [0.15, 0.2) is 22.1 Å². The smallest absolute Gasteiger partial charge is 0.147 e. The molecule has 0 aromatic carbocycles. The molecule has 0 aromatic heterocycles. The van der Waals surface area contributed by atoms with Crippen LogP contribution in [0, 0.1) is 0 Å². The van der Waals surface area contributed by atoms with Gasteiger partial charge in [0.05, 0.1) is 0 Å². The molecule has 18 heavy (non-hydrogen) atoms. The average molecular weight is 330 g/mol. The summed E-state index contributed by atoms with van der Waals surface area (Å²) in [5.74, 6) is 0. The zero-order valence-corrected chi connectivity index (χ0v) is 15.8. The Hall–Kier alpha value is 0.734. The summed E-state index contributed by atoms with van der Waals surface area (Å²) in [6, 6.07) is 0. The minimum atomic E-state index is -1.94. The summed E-state index contributed by atoms with van der Waals surface area (Å²) in [6.45, 7) is 9.79. The van der Waals surface area contributed by atoms with Crippen LogP contribution in [-0.4, -0.2) is 23.8 Å². The molecule has 108 valence electrons. The fourth-order valence-electron chi connectivity index (χ4n) is 3.19. The molecule has 0 fully saturated rings. The summed E-state index contributed by atoms with van der Waals surface area (Å²) in [7, 11) is 4.46. The summed E-state index contributed by atoms with van der Waals surface area (Å²) in [6.07, 6.45) is 8.24. The Morgan fingerprint density at radius 2 is 1.61 bits per heavy atom. The van der Waals surface area contributed by atoms with E-state index in [9.17, 15) is 0 Å². The van der Waals surface area contributed by atoms with Crippen molar-refractivity contribution in [2.24, 2.45) is 0 Å². The van der Waals surface area contributed by atoms with Crippen molar-refractivity contribution in [2.45, 2.75) is 42.6 Å². The van der Waals surface area contributed by atoms with Crippen LogP contribution in [0.2, 0.25) is 8.45 Å². The molecule has 0 unspecified atom stereocenters. The summed E-state index contributed by atoms with van der Waals surface area (Å²) in [5.41, 5.74) is 0. The second-order valence-corrected chi connectivity index (χ2v) is 14.3. The van der Waals surface area contributed by atoms with E-state index in [1.54, 1.807) is 3.88 Å². The van der Waals surface area contributed by atoms with Crippen LogP contribution >= 0.6 is 24.8 Å². The van der Waals surface area contributed by atoms with Gasteiger partial charge in [0, 0.05) is 0 Å². The molecule has 0 amide bonds. The Bertz CT molecular complexity index is 288. The van der Waals surface area contributed by atoms with Gasteiger partial charge in [-0.05, 0) is 0 Å². The number of halogens is 2.